The Morgan fingerprint density at radius 1 is 1.03 bits per heavy atom. The Morgan fingerprint density at radius 2 is 1.62 bits per heavy atom. The van der Waals surface area contributed by atoms with Crippen LogP contribution in [-0.4, -0.2) is 40.1 Å². The van der Waals surface area contributed by atoms with Crippen LogP contribution in [0.5, 0.6) is 5.75 Å². The molecule has 1 aromatic heterocycles. The molecule has 0 radical (unpaired) electrons. The smallest absolute Gasteiger partial charge is 0.338 e. The first-order chi connectivity index (χ1) is 13.6. The van der Waals surface area contributed by atoms with Crippen LogP contribution in [0.25, 0.3) is 0 Å². The molecular weight excluding hydrogens is 372 g/mol. The number of esters is 1. The van der Waals surface area contributed by atoms with Gasteiger partial charge in [-0.3, -0.25) is 4.79 Å². The molecule has 2 aromatic rings. The van der Waals surface area contributed by atoms with Crippen LogP contribution in [0, 0.1) is 13.8 Å². The lowest BCUT2D eigenvalue weighted by Crippen LogP contribution is -2.47. The van der Waals surface area contributed by atoms with Gasteiger partial charge in [0, 0.05) is 12.1 Å². The van der Waals surface area contributed by atoms with Gasteiger partial charge in [-0.1, -0.05) is 5.16 Å². The van der Waals surface area contributed by atoms with Gasteiger partial charge in [-0.05, 0) is 72.7 Å². The van der Waals surface area contributed by atoms with E-state index >= 15 is 0 Å². The average Bonchev–Trinajstić information content (AvgIpc) is 2.97. The number of benzene rings is 1. The normalized spacial score (nSPS) is 12.2. The summed E-state index contributed by atoms with van der Waals surface area (Å²) in [6, 6.07) is 6.66. The molecule has 0 aliphatic rings. The summed E-state index contributed by atoms with van der Waals surface area (Å²) >= 11 is 0. The summed E-state index contributed by atoms with van der Waals surface area (Å²) in [4.78, 5) is 26.7. The molecule has 0 N–H and O–H groups in total. The highest BCUT2D eigenvalue weighted by Crippen LogP contribution is 2.19. The number of ether oxygens (including phenoxy) is 2. The molecule has 0 spiro atoms. The van der Waals surface area contributed by atoms with Gasteiger partial charge in [0.25, 0.3) is 5.91 Å². The van der Waals surface area contributed by atoms with E-state index in [9.17, 15) is 9.59 Å². The average molecular weight is 402 g/mol. The lowest BCUT2D eigenvalue weighted by atomic mass is 10.2. The predicted octanol–water partition coefficient (Wildman–Crippen LogP) is 4.06. The van der Waals surface area contributed by atoms with Gasteiger partial charge in [-0.25, -0.2) is 4.79 Å². The number of nitrogens with zero attached hydrogens (tertiary/aromatic N) is 2. The van der Waals surface area contributed by atoms with Crippen molar-refractivity contribution in [2.24, 2.45) is 0 Å². The molecule has 1 amide bonds. The number of rotatable bonds is 8. The first-order valence-electron chi connectivity index (χ1n) is 9.79. The van der Waals surface area contributed by atoms with Crippen LogP contribution in [0.4, 0.5) is 0 Å². The van der Waals surface area contributed by atoms with Crippen molar-refractivity contribution in [3.8, 4) is 5.75 Å². The number of carbonyl (C=O) groups is 2. The van der Waals surface area contributed by atoms with Crippen molar-refractivity contribution in [2.45, 2.75) is 73.3 Å². The van der Waals surface area contributed by atoms with E-state index in [2.05, 4.69) is 5.16 Å². The maximum atomic E-state index is 12.6. The molecule has 1 atom stereocenters. The number of carbonyl (C=O) groups excluding carboxylic acids is 2. The van der Waals surface area contributed by atoms with Gasteiger partial charge < -0.3 is 18.9 Å². The van der Waals surface area contributed by atoms with E-state index in [1.54, 1.807) is 36.1 Å². The van der Waals surface area contributed by atoms with Crippen molar-refractivity contribution < 1.29 is 23.6 Å². The van der Waals surface area contributed by atoms with Gasteiger partial charge in [0.1, 0.15) is 18.1 Å². The van der Waals surface area contributed by atoms with Crippen LogP contribution < -0.4 is 4.74 Å². The molecule has 0 aliphatic heterocycles. The first kappa shape index (κ1) is 22.5. The van der Waals surface area contributed by atoms with Crippen LogP contribution in [0.2, 0.25) is 0 Å². The lowest BCUT2D eigenvalue weighted by molar-refractivity contribution is -0.143. The quantitative estimate of drug-likeness (QED) is 0.619. The molecule has 2 rings (SSSR count). The molecular formula is C22H30N2O5. The van der Waals surface area contributed by atoms with Gasteiger partial charge in [-0.2, -0.15) is 0 Å². The van der Waals surface area contributed by atoms with E-state index in [-0.39, 0.29) is 18.0 Å². The number of hydrogen-bond acceptors (Lipinski definition) is 6. The van der Waals surface area contributed by atoms with Gasteiger partial charge in [0.05, 0.1) is 16.8 Å². The summed E-state index contributed by atoms with van der Waals surface area (Å²) < 4.78 is 16.2. The topological polar surface area (TPSA) is 81.9 Å². The Morgan fingerprint density at radius 3 is 2.10 bits per heavy atom. The van der Waals surface area contributed by atoms with Crippen molar-refractivity contribution >= 4 is 11.9 Å². The molecule has 158 valence electrons. The fourth-order valence-electron chi connectivity index (χ4n) is 3.14. The Bertz CT molecular complexity index is 812. The first-order valence-corrected chi connectivity index (χ1v) is 9.79. The van der Waals surface area contributed by atoms with E-state index in [0.29, 0.717) is 17.9 Å². The van der Waals surface area contributed by atoms with Gasteiger partial charge in [0.15, 0.2) is 6.10 Å². The summed E-state index contributed by atoms with van der Waals surface area (Å²) in [7, 11) is 0. The number of aromatic nitrogens is 1. The Kier molecular flexibility index (Phi) is 7.42. The molecule has 7 nitrogen and oxygen atoms in total. The zero-order valence-electron chi connectivity index (χ0n) is 18.2. The second kappa shape index (κ2) is 9.58. The molecule has 0 saturated heterocycles. The maximum Gasteiger partial charge on any atom is 0.338 e. The summed E-state index contributed by atoms with van der Waals surface area (Å²) in [5.74, 6) is 0.577. The summed E-state index contributed by atoms with van der Waals surface area (Å²) in [5.41, 5.74) is 2.05. The van der Waals surface area contributed by atoms with Gasteiger partial charge in [0.2, 0.25) is 0 Å². The number of aryl methyl sites for hydroxylation is 2. The standard InChI is InChI=1S/C22H30N2O5/c1-13(2)24(14(3)4)21(25)17(7)28-22(26)18-8-10-19(11-9-18)27-12-20-15(5)23-29-16(20)6/h8-11,13-14,17H,12H2,1-7H3. The second-order valence-electron chi connectivity index (χ2n) is 7.60. The highest BCUT2D eigenvalue weighted by molar-refractivity contribution is 5.92. The van der Waals surface area contributed by atoms with Gasteiger partial charge in [-0.15, -0.1) is 0 Å². The molecule has 0 aliphatic carbocycles. The summed E-state index contributed by atoms with van der Waals surface area (Å²) in [5, 5.41) is 3.89. The van der Waals surface area contributed by atoms with Crippen molar-refractivity contribution in [2.75, 3.05) is 0 Å². The highest BCUT2D eigenvalue weighted by atomic mass is 16.5. The molecule has 7 heteroatoms. The molecule has 1 aromatic carbocycles. The van der Waals surface area contributed by atoms with Crippen LogP contribution in [0.1, 0.15) is 62.0 Å². The molecule has 0 fully saturated rings. The largest absolute Gasteiger partial charge is 0.489 e. The Labute approximate surface area is 172 Å². The maximum absolute atomic E-state index is 12.6. The highest BCUT2D eigenvalue weighted by Gasteiger charge is 2.28. The van der Waals surface area contributed by atoms with E-state index in [1.807, 2.05) is 41.5 Å². The zero-order chi connectivity index (χ0) is 21.7. The zero-order valence-corrected chi connectivity index (χ0v) is 18.2. The molecule has 0 bridgehead atoms. The lowest BCUT2D eigenvalue weighted by Gasteiger charge is -2.32. The monoisotopic (exact) mass is 402 g/mol. The molecule has 0 saturated carbocycles. The van der Waals surface area contributed by atoms with Crippen LogP contribution in [0.3, 0.4) is 0 Å². The fourth-order valence-corrected chi connectivity index (χ4v) is 3.14. The Balaban J connectivity index is 1.97. The molecule has 29 heavy (non-hydrogen) atoms. The van der Waals surface area contributed by atoms with Crippen LogP contribution >= 0.6 is 0 Å². The summed E-state index contributed by atoms with van der Waals surface area (Å²) in [6.07, 6.45) is -0.859. The van der Waals surface area contributed by atoms with Crippen molar-refractivity contribution in [3.05, 3.63) is 46.8 Å². The third kappa shape index (κ3) is 5.59. The van der Waals surface area contributed by atoms with E-state index in [1.165, 1.54) is 0 Å². The second-order valence-corrected chi connectivity index (χ2v) is 7.60. The van der Waals surface area contributed by atoms with Crippen molar-refractivity contribution in [3.63, 3.8) is 0 Å². The minimum absolute atomic E-state index is 0.0257. The SMILES string of the molecule is Cc1noc(C)c1COc1ccc(C(=O)OC(C)C(=O)N(C(C)C)C(C)C)cc1. The third-order valence-electron chi connectivity index (χ3n) is 4.65. The third-order valence-corrected chi connectivity index (χ3v) is 4.65. The predicted molar refractivity (Wildman–Crippen MR) is 109 cm³/mol. The van der Waals surface area contributed by atoms with Gasteiger partial charge >= 0.3 is 5.97 Å². The number of hydrogen-bond donors (Lipinski definition) is 0. The van der Waals surface area contributed by atoms with Crippen molar-refractivity contribution in [1.29, 1.82) is 0 Å². The van der Waals surface area contributed by atoms with Crippen LogP contribution in [0.15, 0.2) is 28.8 Å². The minimum atomic E-state index is -0.859. The minimum Gasteiger partial charge on any atom is -0.489 e. The van der Waals surface area contributed by atoms with E-state index in [0.717, 1.165) is 17.0 Å². The molecule has 1 heterocycles. The molecule has 1 unspecified atom stereocenters. The fraction of sp³-hybridized carbons (Fsp3) is 0.500. The Hall–Kier alpha value is -2.83. The van der Waals surface area contributed by atoms with Crippen LogP contribution in [-0.2, 0) is 16.1 Å². The summed E-state index contributed by atoms with van der Waals surface area (Å²) in [6.45, 7) is 13.4. The number of amides is 1. The van der Waals surface area contributed by atoms with Crippen molar-refractivity contribution in [1.82, 2.24) is 10.1 Å². The van der Waals surface area contributed by atoms with E-state index in [4.69, 9.17) is 14.0 Å². The van der Waals surface area contributed by atoms with E-state index < -0.39 is 12.1 Å².